The predicted octanol–water partition coefficient (Wildman–Crippen LogP) is 5.56. The Balaban J connectivity index is 1.19. The molecule has 7 heteroatoms. The third kappa shape index (κ3) is 5.83. The quantitative estimate of drug-likeness (QED) is 0.528. The molecule has 2 fully saturated rings. The van der Waals surface area contributed by atoms with E-state index >= 15 is 0 Å². The van der Waals surface area contributed by atoms with Crippen LogP contribution >= 0.6 is 0 Å². The zero-order chi connectivity index (χ0) is 26.9. The van der Waals surface area contributed by atoms with E-state index in [1.807, 2.05) is 29.2 Å². The number of likely N-dealkylation sites (tertiary alicyclic amines) is 2. The Bertz CT molecular complexity index is 1150. The summed E-state index contributed by atoms with van der Waals surface area (Å²) in [6.07, 6.45) is 4.23. The number of hydrogen-bond donors (Lipinski definition) is 0. The molecule has 2 saturated heterocycles. The highest BCUT2D eigenvalue weighted by Gasteiger charge is 2.43. The van der Waals surface area contributed by atoms with Gasteiger partial charge in [-0.15, -0.1) is 0 Å². The lowest BCUT2D eigenvalue weighted by Gasteiger charge is -2.38. The highest BCUT2D eigenvalue weighted by Crippen LogP contribution is 2.42. The monoisotopic (exact) mass is 520 g/mol. The Morgan fingerprint density at radius 3 is 2.24 bits per heavy atom. The lowest BCUT2D eigenvalue weighted by molar-refractivity contribution is 0.00955. The van der Waals surface area contributed by atoms with Gasteiger partial charge < -0.3 is 24.0 Å². The van der Waals surface area contributed by atoms with Crippen LogP contribution in [0.2, 0.25) is 0 Å². The van der Waals surface area contributed by atoms with Gasteiger partial charge in [0, 0.05) is 58.1 Å². The molecule has 5 rings (SSSR count). The van der Waals surface area contributed by atoms with Gasteiger partial charge in [0.25, 0.3) is 5.91 Å². The van der Waals surface area contributed by atoms with Gasteiger partial charge in [0.1, 0.15) is 11.4 Å². The molecule has 204 valence electrons. The fourth-order valence-electron chi connectivity index (χ4n) is 5.64. The summed E-state index contributed by atoms with van der Waals surface area (Å²) in [6, 6.07) is 14.3. The number of hydrogen-bond acceptors (Lipinski definition) is 5. The number of piperidine rings is 2. The largest absolute Gasteiger partial charge is 0.487 e. The zero-order valence-corrected chi connectivity index (χ0v) is 23.1. The van der Waals surface area contributed by atoms with Crippen LogP contribution in [-0.2, 0) is 15.9 Å². The smallest absolute Gasteiger partial charge is 0.409 e. The average Bonchev–Trinajstić information content (AvgIpc) is 3.28. The van der Waals surface area contributed by atoms with Gasteiger partial charge in [-0.25, -0.2) is 4.79 Å². The Morgan fingerprint density at radius 2 is 1.61 bits per heavy atom. The van der Waals surface area contributed by atoms with Crippen LogP contribution in [0.15, 0.2) is 42.5 Å². The molecule has 3 heterocycles. The van der Waals surface area contributed by atoms with Crippen molar-refractivity contribution in [3.05, 3.63) is 53.6 Å². The highest BCUT2D eigenvalue weighted by atomic mass is 16.6. The third-order valence-corrected chi connectivity index (χ3v) is 7.99. The van der Waals surface area contributed by atoms with Crippen LogP contribution in [0.1, 0.15) is 62.4 Å². The molecule has 0 radical (unpaired) electrons. The number of carbonyl (C=O) groups is 2. The van der Waals surface area contributed by atoms with Crippen molar-refractivity contribution >= 4 is 12.0 Å². The standard InChI is InChI=1S/C31H40N2O5/c1-30(2,3)21-37-29(35)33-17-13-31(14-18-33)20-25-19-24(9-10-27(25)38-31)22-5-7-23(8-6-22)28(34)32-15-11-26(36-4)12-16-32/h5-10,19,26H,11-18,20-21H2,1-4H3. The summed E-state index contributed by atoms with van der Waals surface area (Å²) in [5.41, 5.74) is 3.83. The Hall–Kier alpha value is -3.06. The molecule has 0 saturated carbocycles. The van der Waals surface area contributed by atoms with E-state index < -0.39 is 0 Å². The third-order valence-electron chi connectivity index (χ3n) is 7.99. The van der Waals surface area contributed by atoms with E-state index in [1.54, 1.807) is 12.0 Å². The number of methoxy groups -OCH3 is 1. The maximum Gasteiger partial charge on any atom is 0.409 e. The topological polar surface area (TPSA) is 68.3 Å². The average molecular weight is 521 g/mol. The molecule has 2 amide bonds. The summed E-state index contributed by atoms with van der Waals surface area (Å²) >= 11 is 0. The normalized spacial score (nSPS) is 19.3. The number of amides is 2. The Kier molecular flexibility index (Phi) is 7.40. The molecule has 3 aliphatic heterocycles. The van der Waals surface area contributed by atoms with E-state index in [0.717, 1.165) is 67.6 Å². The van der Waals surface area contributed by atoms with E-state index in [9.17, 15) is 9.59 Å². The van der Waals surface area contributed by atoms with Crippen molar-refractivity contribution in [2.45, 2.75) is 64.6 Å². The summed E-state index contributed by atoms with van der Waals surface area (Å²) < 4.78 is 17.4. The molecule has 0 atom stereocenters. The number of rotatable bonds is 4. The van der Waals surface area contributed by atoms with E-state index in [2.05, 4.69) is 39.0 Å². The highest BCUT2D eigenvalue weighted by molar-refractivity contribution is 5.94. The van der Waals surface area contributed by atoms with E-state index in [0.29, 0.717) is 19.7 Å². The molecular weight excluding hydrogens is 480 g/mol. The van der Waals surface area contributed by atoms with Crippen molar-refractivity contribution in [1.29, 1.82) is 0 Å². The molecule has 0 bridgehead atoms. The molecule has 1 spiro atoms. The molecule has 0 unspecified atom stereocenters. The van der Waals surface area contributed by atoms with E-state index in [-0.39, 0.29) is 29.1 Å². The summed E-state index contributed by atoms with van der Waals surface area (Å²) in [5.74, 6) is 1.02. The van der Waals surface area contributed by atoms with Gasteiger partial charge in [0.15, 0.2) is 0 Å². The molecule has 3 aliphatic rings. The molecule has 0 N–H and O–H groups in total. The summed E-state index contributed by atoms with van der Waals surface area (Å²) in [4.78, 5) is 29.2. The number of fused-ring (bicyclic) bond motifs is 1. The molecule has 0 aromatic heterocycles. The molecular formula is C31H40N2O5. The minimum Gasteiger partial charge on any atom is -0.487 e. The summed E-state index contributed by atoms with van der Waals surface area (Å²) in [7, 11) is 1.74. The van der Waals surface area contributed by atoms with Crippen molar-refractivity contribution in [2.24, 2.45) is 5.41 Å². The van der Waals surface area contributed by atoms with Crippen molar-refractivity contribution in [3.63, 3.8) is 0 Å². The summed E-state index contributed by atoms with van der Waals surface area (Å²) in [6.45, 7) is 9.35. The minimum atomic E-state index is -0.256. The number of benzene rings is 2. The second-order valence-electron chi connectivity index (χ2n) is 12.2. The molecule has 2 aromatic carbocycles. The first-order valence-electron chi connectivity index (χ1n) is 13.8. The van der Waals surface area contributed by atoms with Gasteiger partial charge in [-0.05, 0) is 59.2 Å². The predicted molar refractivity (Wildman–Crippen MR) is 146 cm³/mol. The van der Waals surface area contributed by atoms with Gasteiger partial charge in [-0.3, -0.25) is 4.79 Å². The van der Waals surface area contributed by atoms with Crippen molar-refractivity contribution in [1.82, 2.24) is 9.80 Å². The second-order valence-corrected chi connectivity index (χ2v) is 12.2. The first-order chi connectivity index (χ1) is 18.1. The minimum absolute atomic E-state index is 0.0436. The Morgan fingerprint density at radius 1 is 0.947 bits per heavy atom. The summed E-state index contributed by atoms with van der Waals surface area (Å²) in [5, 5.41) is 0. The van der Waals surface area contributed by atoms with Crippen LogP contribution in [0.25, 0.3) is 11.1 Å². The van der Waals surface area contributed by atoms with Gasteiger partial charge in [-0.1, -0.05) is 39.0 Å². The lowest BCUT2D eigenvalue weighted by atomic mass is 9.86. The van der Waals surface area contributed by atoms with Crippen molar-refractivity contribution in [2.75, 3.05) is 39.9 Å². The van der Waals surface area contributed by atoms with Crippen molar-refractivity contribution in [3.8, 4) is 16.9 Å². The first-order valence-corrected chi connectivity index (χ1v) is 13.8. The maximum atomic E-state index is 12.9. The first kappa shape index (κ1) is 26.5. The van der Waals surface area contributed by atoms with Crippen LogP contribution in [0.5, 0.6) is 5.75 Å². The number of nitrogens with zero attached hydrogens (tertiary/aromatic N) is 2. The number of carbonyl (C=O) groups excluding carboxylic acids is 2. The molecule has 0 aliphatic carbocycles. The SMILES string of the molecule is COC1CCN(C(=O)c2ccc(-c3ccc4c(c3)CC3(CCN(C(=O)OCC(C)(C)C)CC3)O4)cc2)CC1. The molecule has 7 nitrogen and oxygen atoms in total. The maximum absolute atomic E-state index is 12.9. The van der Waals surface area contributed by atoms with Gasteiger partial charge in [0.05, 0.1) is 12.7 Å². The van der Waals surface area contributed by atoms with E-state index in [4.69, 9.17) is 14.2 Å². The fourth-order valence-corrected chi connectivity index (χ4v) is 5.64. The fraction of sp³-hybridized carbons (Fsp3) is 0.548. The Labute approximate surface area is 226 Å². The zero-order valence-electron chi connectivity index (χ0n) is 23.1. The van der Waals surface area contributed by atoms with Crippen molar-refractivity contribution < 1.29 is 23.8 Å². The van der Waals surface area contributed by atoms with Crippen LogP contribution < -0.4 is 4.74 Å². The van der Waals surface area contributed by atoms with Gasteiger partial charge >= 0.3 is 6.09 Å². The van der Waals surface area contributed by atoms with Crippen LogP contribution in [0, 0.1) is 5.41 Å². The van der Waals surface area contributed by atoms with Crippen LogP contribution in [-0.4, -0.2) is 73.4 Å². The second kappa shape index (κ2) is 10.6. The van der Waals surface area contributed by atoms with Gasteiger partial charge in [-0.2, -0.15) is 0 Å². The van der Waals surface area contributed by atoms with Crippen LogP contribution in [0.3, 0.4) is 0 Å². The van der Waals surface area contributed by atoms with E-state index in [1.165, 1.54) is 5.56 Å². The molecule has 2 aromatic rings. The van der Waals surface area contributed by atoms with Crippen LogP contribution in [0.4, 0.5) is 4.79 Å². The lowest BCUT2D eigenvalue weighted by Crippen LogP contribution is -2.49. The van der Waals surface area contributed by atoms with Gasteiger partial charge in [0.2, 0.25) is 0 Å². The number of ether oxygens (including phenoxy) is 3. The molecule has 38 heavy (non-hydrogen) atoms.